The van der Waals surface area contributed by atoms with Gasteiger partial charge in [0.2, 0.25) is 0 Å². The number of anilines is 1. The third kappa shape index (κ3) is 2.84. The highest BCUT2D eigenvalue weighted by Gasteiger charge is 2.14. The zero-order valence-corrected chi connectivity index (χ0v) is 9.32. The molecule has 0 aliphatic rings. The van der Waals surface area contributed by atoms with Gasteiger partial charge < -0.3 is 9.73 Å². The van der Waals surface area contributed by atoms with Gasteiger partial charge in [-0.2, -0.15) is 0 Å². The Balaban J connectivity index is 2.12. The number of halogens is 3. The van der Waals surface area contributed by atoms with E-state index >= 15 is 0 Å². The predicted molar refractivity (Wildman–Crippen MR) is 59.0 cm³/mol. The maximum absolute atomic E-state index is 13.3. The van der Waals surface area contributed by atoms with E-state index in [2.05, 4.69) is 5.32 Å². The Bertz CT molecular complexity index is 628. The summed E-state index contributed by atoms with van der Waals surface area (Å²) in [6, 6.07) is 3.62. The Morgan fingerprint density at radius 2 is 2.00 bits per heavy atom. The van der Waals surface area contributed by atoms with Crippen molar-refractivity contribution in [3.63, 3.8) is 0 Å². The van der Waals surface area contributed by atoms with Gasteiger partial charge in [0.25, 0.3) is 0 Å². The van der Waals surface area contributed by atoms with Crippen LogP contribution < -0.4 is 5.32 Å². The first-order chi connectivity index (χ1) is 8.97. The van der Waals surface area contributed by atoms with E-state index in [4.69, 9.17) is 4.42 Å². The molecule has 2 aromatic rings. The zero-order chi connectivity index (χ0) is 14.0. The molecule has 5 nitrogen and oxygen atoms in total. The van der Waals surface area contributed by atoms with Crippen LogP contribution in [-0.2, 0) is 6.54 Å². The number of benzene rings is 1. The molecule has 0 radical (unpaired) electrons. The van der Waals surface area contributed by atoms with Gasteiger partial charge in [-0.25, -0.2) is 13.2 Å². The van der Waals surface area contributed by atoms with Crippen molar-refractivity contribution in [3.05, 3.63) is 57.6 Å². The first-order valence-electron chi connectivity index (χ1n) is 5.09. The molecule has 19 heavy (non-hydrogen) atoms. The predicted octanol–water partition coefficient (Wildman–Crippen LogP) is 3.22. The highest BCUT2D eigenvalue weighted by atomic mass is 19.2. The number of furan rings is 1. The monoisotopic (exact) mass is 272 g/mol. The molecule has 8 heteroatoms. The van der Waals surface area contributed by atoms with E-state index < -0.39 is 33.9 Å². The molecule has 1 aromatic carbocycles. The highest BCUT2D eigenvalue weighted by Crippen LogP contribution is 2.21. The van der Waals surface area contributed by atoms with Crippen molar-refractivity contribution >= 4 is 11.6 Å². The van der Waals surface area contributed by atoms with E-state index in [1.165, 1.54) is 6.07 Å². The fourth-order valence-corrected chi connectivity index (χ4v) is 1.43. The summed E-state index contributed by atoms with van der Waals surface area (Å²) in [6.45, 7) is -0.145. The molecule has 0 aliphatic carbocycles. The summed E-state index contributed by atoms with van der Waals surface area (Å²) in [4.78, 5) is 9.63. The molecule has 100 valence electrons. The summed E-state index contributed by atoms with van der Waals surface area (Å²) < 4.78 is 43.9. The second-order valence-corrected chi connectivity index (χ2v) is 3.60. The molecule has 0 spiro atoms. The first kappa shape index (κ1) is 12.9. The molecule has 0 aliphatic heterocycles. The molecule has 0 amide bonds. The van der Waals surface area contributed by atoms with Crippen LogP contribution in [0.15, 0.2) is 28.7 Å². The van der Waals surface area contributed by atoms with E-state index in [-0.39, 0.29) is 12.3 Å². The van der Waals surface area contributed by atoms with Crippen LogP contribution in [0.1, 0.15) is 5.76 Å². The number of nitrogens with one attached hydrogen (secondary N) is 1. The van der Waals surface area contributed by atoms with Crippen LogP contribution in [-0.4, -0.2) is 4.92 Å². The van der Waals surface area contributed by atoms with Gasteiger partial charge in [0, 0.05) is 12.1 Å². The molecule has 0 fully saturated rings. The van der Waals surface area contributed by atoms with E-state index in [0.29, 0.717) is 6.07 Å². The fourth-order valence-electron chi connectivity index (χ4n) is 1.43. The number of nitro groups is 1. The van der Waals surface area contributed by atoms with Crippen LogP contribution in [0, 0.1) is 27.6 Å². The summed E-state index contributed by atoms with van der Waals surface area (Å²) in [5, 5.41) is 12.8. The van der Waals surface area contributed by atoms with Gasteiger partial charge in [-0.1, -0.05) is 0 Å². The SMILES string of the molecule is O=[N+]([O-])c1ccc(CNc2cc(F)cc(F)c2F)o1. The van der Waals surface area contributed by atoms with Crippen LogP contribution in [0.25, 0.3) is 0 Å². The lowest BCUT2D eigenvalue weighted by atomic mass is 10.2. The molecule has 1 N–H and O–H groups in total. The molecular weight excluding hydrogens is 265 g/mol. The van der Waals surface area contributed by atoms with Crippen molar-refractivity contribution in [2.45, 2.75) is 6.54 Å². The zero-order valence-electron chi connectivity index (χ0n) is 9.32. The minimum absolute atomic E-state index is 0.135. The molecule has 0 saturated carbocycles. The van der Waals surface area contributed by atoms with Crippen LogP contribution in [0.3, 0.4) is 0 Å². The second kappa shape index (κ2) is 5.01. The summed E-state index contributed by atoms with van der Waals surface area (Å²) >= 11 is 0. The Morgan fingerprint density at radius 3 is 2.63 bits per heavy atom. The van der Waals surface area contributed by atoms with E-state index in [1.54, 1.807) is 0 Å². The van der Waals surface area contributed by atoms with Crippen molar-refractivity contribution in [1.82, 2.24) is 0 Å². The third-order valence-electron chi connectivity index (χ3n) is 2.27. The summed E-state index contributed by atoms with van der Waals surface area (Å²) in [6.07, 6.45) is 0. The van der Waals surface area contributed by atoms with Crippen LogP contribution in [0.5, 0.6) is 0 Å². The number of hydrogen-bond acceptors (Lipinski definition) is 4. The number of rotatable bonds is 4. The molecule has 1 heterocycles. The van der Waals surface area contributed by atoms with Crippen LogP contribution >= 0.6 is 0 Å². The maximum Gasteiger partial charge on any atom is 0.433 e. The Labute approximate surface area is 104 Å². The maximum atomic E-state index is 13.3. The van der Waals surface area contributed by atoms with Crippen molar-refractivity contribution in [2.75, 3.05) is 5.32 Å². The van der Waals surface area contributed by atoms with Crippen molar-refractivity contribution in [1.29, 1.82) is 0 Å². The molecule has 0 atom stereocenters. The average Bonchev–Trinajstić information content (AvgIpc) is 2.81. The standard InChI is InChI=1S/C11H7F3N2O3/c12-6-3-8(13)11(14)9(4-6)15-5-7-1-2-10(19-7)16(17)18/h1-4,15H,5H2. The van der Waals surface area contributed by atoms with Gasteiger partial charge in [-0.15, -0.1) is 0 Å². The van der Waals surface area contributed by atoms with Crippen molar-refractivity contribution < 1.29 is 22.5 Å². The van der Waals surface area contributed by atoms with Gasteiger partial charge in [0.15, 0.2) is 11.6 Å². The first-order valence-corrected chi connectivity index (χ1v) is 5.09. The smallest absolute Gasteiger partial charge is 0.404 e. The quantitative estimate of drug-likeness (QED) is 0.527. The Morgan fingerprint density at radius 1 is 1.26 bits per heavy atom. The van der Waals surface area contributed by atoms with E-state index in [0.717, 1.165) is 12.1 Å². The molecule has 0 bridgehead atoms. The van der Waals surface area contributed by atoms with Gasteiger partial charge in [-0.3, -0.25) is 10.1 Å². The lowest BCUT2D eigenvalue weighted by Gasteiger charge is -2.06. The van der Waals surface area contributed by atoms with E-state index in [1.807, 2.05) is 0 Å². The third-order valence-corrected chi connectivity index (χ3v) is 2.27. The normalized spacial score (nSPS) is 10.5. The molecule has 1 aromatic heterocycles. The topological polar surface area (TPSA) is 68.3 Å². The highest BCUT2D eigenvalue weighted by molar-refractivity contribution is 5.45. The largest absolute Gasteiger partial charge is 0.433 e. The summed E-state index contributed by atoms with van der Waals surface area (Å²) in [5.41, 5.74) is -0.392. The summed E-state index contributed by atoms with van der Waals surface area (Å²) in [7, 11) is 0. The van der Waals surface area contributed by atoms with Crippen molar-refractivity contribution in [2.24, 2.45) is 0 Å². The summed E-state index contributed by atoms with van der Waals surface area (Å²) in [5.74, 6) is -3.83. The van der Waals surface area contributed by atoms with Gasteiger partial charge in [0.05, 0.1) is 18.3 Å². The van der Waals surface area contributed by atoms with Crippen LogP contribution in [0.2, 0.25) is 0 Å². The molecule has 0 saturated heterocycles. The van der Waals surface area contributed by atoms with Gasteiger partial charge in [0.1, 0.15) is 16.5 Å². The fraction of sp³-hybridized carbons (Fsp3) is 0.0909. The molecule has 0 unspecified atom stereocenters. The number of nitrogens with zero attached hydrogens (tertiary/aromatic N) is 1. The number of hydrogen-bond donors (Lipinski definition) is 1. The molecular formula is C11H7F3N2O3. The van der Waals surface area contributed by atoms with Gasteiger partial charge in [-0.05, 0) is 6.07 Å². The lowest BCUT2D eigenvalue weighted by molar-refractivity contribution is -0.402. The Kier molecular flexibility index (Phi) is 3.41. The van der Waals surface area contributed by atoms with Crippen molar-refractivity contribution in [3.8, 4) is 0 Å². The van der Waals surface area contributed by atoms with Gasteiger partial charge >= 0.3 is 5.88 Å². The molecule has 2 rings (SSSR count). The second-order valence-electron chi connectivity index (χ2n) is 3.60. The van der Waals surface area contributed by atoms with Crippen LogP contribution in [0.4, 0.5) is 24.7 Å². The Hall–Kier alpha value is -2.51. The minimum Gasteiger partial charge on any atom is -0.404 e. The van der Waals surface area contributed by atoms with E-state index in [9.17, 15) is 23.3 Å². The average molecular weight is 272 g/mol. The lowest BCUT2D eigenvalue weighted by Crippen LogP contribution is -2.03. The minimum atomic E-state index is -1.33.